The number of hydrogen-bond donors (Lipinski definition) is 0. The van der Waals surface area contributed by atoms with Crippen molar-refractivity contribution in [1.82, 2.24) is 9.97 Å². The van der Waals surface area contributed by atoms with Gasteiger partial charge >= 0.3 is 46.5 Å². The van der Waals surface area contributed by atoms with Gasteiger partial charge in [0.05, 0.1) is 14.2 Å². The molecule has 2 aromatic heterocycles. The monoisotopic (exact) mass is 1140 g/mol. The number of aromatic nitrogens is 2. The number of esters is 2. The van der Waals surface area contributed by atoms with E-state index in [9.17, 15) is 27.2 Å². The van der Waals surface area contributed by atoms with Gasteiger partial charge in [-0.25, -0.2) is 32.3 Å². The predicted octanol–water partition coefficient (Wildman–Crippen LogP) is 14.4. The van der Waals surface area contributed by atoms with Crippen LogP contribution in [0.25, 0.3) is 28.3 Å². The Morgan fingerprint density at radius 1 is 0.597 bits per heavy atom. The summed E-state index contributed by atoms with van der Waals surface area (Å²) >= 11 is 23.5. The van der Waals surface area contributed by atoms with Crippen molar-refractivity contribution in [3.8, 4) is 22.3 Å². The first-order valence-electron chi connectivity index (χ1n) is 18.9. The van der Waals surface area contributed by atoms with Gasteiger partial charge in [0.1, 0.15) is 43.9 Å². The second kappa shape index (κ2) is 29.5. The van der Waals surface area contributed by atoms with E-state index >= 15 is 0 Å². The minimum atomic E-state index is -0.786. The number of nitrogens with zero attached hydrogens (tertiary/aromatic N) is 2. The summed E-state index contributed by atoms with van der Waals surface area (Å²) in [6.45, 7) is 0. The molecule has 0 spiro atoms. The van der Waals surface area contributed by atoms with Crippen molar-refractivity contribution in [1.29, 1.82) is 0 Å². The maximum absolute atomic E-state index is 14.0. The van der Waals surface area contributed by atoms with Gasteiger partial charge in [0.25, 0.3) is 0 Å². The number of methoxy groups -OCH3 is 2. The second-order valence-electron chi connectivity index (χ2n) is 13.0. The van der Waals surface area contributed by atoms with Crippen LogP contribution in [0.4, 0.5) is 17.6 Å². The Labute approximate surface area is 423 Å². The van der Waals surface area contributed by atoms with E-state index in [2.05, 4.69) is 110 Å². The minimum absolute atomic E-state index is 0. The largest absolute Gasteiger partial charge is 0.0622 e. The summed E-state index contributed by atoms with van der Waals surface area (Å²) in [5.74, 6) is -3.99. The average Bonchev–Trinajstić information content (AvgIpc) is 3.30. The molecule has 0 aliphatic carbocycles. The molecule has 0 saturated heterocycles. The number of ether oxygens (including phenoxy) is 2. The molecule has 7 rings (SSSR count). The van der Waals surface area contributed by atoms with E-state index in [4.69, 9.17) is 65.8 Å². The van der Waals surface area contributed by atoms with Gasteiger partial charge in [-0.3, -0.25) is 4.79 Å². The molecule has 0 saturated carbocycles. The average molecular weight is 1140 g/mol. The van der Waals surface area contributed by atoms with Crippen molar-refractivity contribution < 1.29 is 51.8 Å². The van der Waals surface area contributed by atoms with Crippen LogP contribution >= 0.6 is 73.7 Å². The predicted molar refractivity (Wildman–Crippen MR) is 264 cm³/mol. The zero-order valence-electron chi connectivity index (χ0n) is 34.4. The Kier molecular flexibility index (Phi) is 25.0. The molecule has 0 fully saturated rings. The molecule has 0 N–H and O–H groups in total. The van der Waals surface area contributed by atoms with Crippen molar-refractivity contribution in [3.63, 3.8) is 0 Å². The van der Waals surface area contributed by atoms with Crippen LogP contribution in [0.2, 0.25) is 20.6 Å². The van der Waals surface area contributed by atoms with Gasteiger partial charge in [0.2, 0.25) is 0 Å². The standard InChI is InChI=1S/C18H15P.C15H11Cl2F2NO2.C15H9Cl2F2NO2.CH4.2ClH.Rh/c1-4-10-16(11-5-1)19(17-12-6-2-7-13-17)18-14-8-3-9-15-18;2*1-22-14(21)5-4-10-11(7-13(16)20-15(10)17)9-3-2-8(18)6-12(9)19;;;;/h1-15H;2-3,6-7H,4-5H2,1H3;2-7H,1H3;1H4;2*1H;/q;;;;;;+2/p-2/b;;5-4+;;;;. The zero-order valence-corrected chi connectivity index (χ0v) is 41.5. The molecule has 353 valence electrons. The van der Waals surface area contributed by atoms with E-state index in [1.807, 2.05) is 0 Å². The Morgan fingerprint density at radius 2 is 1.01 bits per heavy atom. The summed E-state index contributed by atoms with van der Waals surface area (Å²) in [5, 5.41) is 4.35. The smallest absolute Gasteiger partial charge is 0.0134 e. The number of carbonyl (C=O) groups excluding carboxylic acids is 2. The van der Waals surface area contributed by atoms with Gasteiger partial charge in [-0.1, -0.05) is 145 Å². The molecule has 18 heteroatoms. The van der Waals surface area contributed by atoms with E-state index in [0.717, 1.165) is 30.3 Å². The summed E-state index contributed by atoms with van der Waals surface area (Å²) in [5.41, 5.74) is 1.57. The van der Waals surface area contributed by atoms with Crippen LogP contribution in [0.5, 0.6) is 0 Å². The summed E-state index contributed by atoms with van der Waals surface area (Å²) in [4.78, 5) is 30.2. The fourth-order valence-electron chi connectivity index (χ4n) is 6.01. The molecule has 0 aliphatic heterocycles. The maximum Gasteiger partial charge on any atom is -0.0134 e. The first-order chi connectivity index (χ1) is 31.7. The molecule has 5 aromatic carbocycles. The molecule has 6 nitrogen and oxygen atoms in total. The third-order valence-electron chi connectivity index (χ3n) is 8.90. The van der Waals surface area contributed by atoms with Gasteiger partial charge in [-0.05, 0) is 89.4 Å². The first kappa shape index (κ1) is 56.9. The third kappa shape index (κ3) is 17.6. The molecule has 7 aromatic rings. The third-order valence-corrected chi connectivity index (χ3v) is 12.3. The van der Waals surface area contributed by atoms with Crippen molar-refractivity contribution in [2.24, 2.45) is 0 Å². The second-order valence-corrected chi connectivity index (χ2v) is 19.2. The van der Waals surface area contributed by atoms with Crippen LogP contribution in [-0.2, 0) is 40.6 Å². The molecule has 0 amide bonds. The number of hydrogen-bond acceptors (Lipinski definition) is 6. The Bertz CT molecular complexity index is 2640. The van der Waals surface area contributed by atoms with Gasteiger partial charge in [-0.15, -0.1) is 0 Å². The molecular weight excluding hydrogens is 1100 g/mol. The number of carbonyl (C=O) groups is 2. The van der Waals surface area contributed by atoms with Crippen LogP contribution in [-0.4, -0.2) is 36.1 Å². The van der Waals surface area contributed by atoms with Crippen molar-refractivity contribution in [3.05, 3.63) is 201 Å². The van der Waals surface area contributed by atoms with E-state index in [1.54, 1.807) is 0 Å². The first-order valence-corrected chi connectivity index (χ1v) is 26.0. The number of pyridine rings is 2. The van der Waals surface area contributed by atoms with Gasteiger partial charge in [0.15, 0.2) is 0 Å². The summed E-state index contributed by atoms with van der Waals surface area (Å²) in [6.07, 6.45) is 2.69. The van der Waals surface area contributed by atoms with Crippen LogP contribution < -0.4 is 15.9 Å². The van der Waals surface area contributed by atoms with Crippen LogP contribution in [0.1, 0.15) is 25.0 Å². The molecule has 2 heterocycles. The summed E-state index contributed by atoms with van der Waals surface area (Å²) in [6, 6.07) is 41.4. The van der Waals surface area contributed by atoms with Crippen LogP contribution in [0, 0.1) is 23.3 Å². The zero-order chi connectivity index (χ0) is 48.2. The summed E-state index contributed by atoms with van der Waals surface area (Å²) in [7, 11) is 11.7. The summed E-state index contributed by atoms with van der Waals surface area (Å²) < 4.78 is 63.1. The molecule has 67 heavy (non-hydrogen) atoms. The quantitative estimate of drug-likeness (QED) is 0.0339. The van der Waals surface area contributed by atoms with Crippen molar-refractivity contribution >= 4 is 108 Å². The Morgan fingerprint density at radius 3 is 1.43 bits per heavy atom. The number of halogens is 10. The van der Waals surface area contributed by atoms with Gasteiger partial charge in [0, 0.05) is 41.3 Å². The normalized spacial score (nSPS) is 10.4. The van der Waals surface area contributed by atoms with E-state index in [0.29, 0.717) is 11.1 Å². The van der Waals surface area contributed by atoms with Gasteiger partial charge in [-0.2, -0.15) is 0 Å². The maximum atomic E-state index is 14.0. The van der Waals surface area contributed by atoms with Crippen molar-refractivity contribution in [2.45, 2.75) is 20.3 Å². The number of rotatable bonds is 10. The fourth-order valence-corrected chi connectivity index (χ4v) is 9.33. The minimum Gasteiger partial charge on any atom is -0.0622 e. The molecule has 0 radical (unpaired) electrons. The molecule has 0 aliphatic rings. The Balaban J connectivity index is 0.000000257. The molecule has 0 bridgehead atoms. The van der Waals surface area contributed by atoms with Gasteiger partial charge < -0.3 is 9.47 Å². The topological polar surface area (TPSA) is 78.4 Å². The molecule has 0 atom stereocenters. The van der Waals surface area contributed by atoms with Crippen LogP contribution in [0.15, 0.2) is 146 Å². The number of benzene rings is 5. The SMILES string of the molecule is C.COC(=O)/C=C/c1c(-c2ccc(F)cc2F)cc(Cl)nc1Cl.COC(=O)CCc1c(-c2ccc(F)cc2F)cc(Cl)nc1Cl.[Cl][Rh][Cl].c1ccc(P(c2ccccc2)c2ccccc2)cc1. The molecule has 0 unspecified atom stereocenters. The van der Waals surface area contributed by atoms with E-state index in [-0.39, 0.29) is 78.3 Å². The fraction of sp³-hybridized carbons (Fsp3) is 0.102. The molecular formula is C49H39Cl6F4N2O4PRh. The van der Waals surface area contributed by atoms with E-state index in [1.165, 1.54) is 60.5 Å². The van der Waals surface area contributed by atoms with E-state index < -0.39 is 43.1 Å². The Hall–Kier alpha value is -4.41. The van der Waals surface area contributed by atoms with Crippen molar-refractivity contribution in [2.75, 3.05) is 14.2 Å². The van der Waals surface area contributed by atoms with Crippen LogP contribution in [0.3, 0.4) is 0 Å².